The molecule has 0 fully saturated rings. The van der Waals surface area contributed by atoms with E-state index in [0.29, 0.717) is 6.54 Å². The molecule has 2 rings (SSSR count). The largest absolute Gasteiger partial charge is 0.481 e. The SMILES string of the molecule is C=CCCN1Cc2ccccc2C(C(=O)O)C1. The Hall–Kier alpha value is -1.61. The Balaban J connectivity index is 2.23. The summed E-state index contributed by atoms with van der Waals surface area (Å²) < 4.78 is 0. The summed E-state index contributed by atoms with van der Waals surface area (Å²) in [5, 5.41) is 9.28. The number of aliphatic carboxylic acids is 1. The van der Waals surface area contributed by atoms with Crippen LogP contribution in [0.25, 0.3) is 0 Å². The van der Waals surface area contributed by atoms with Crippen molar-refractivity contribution in [3.05, 3.63) is 48.0 Å². The fraction of sp³-hybridized carbons (Fsp3) is 0.357. The molecular formula is C14H17NO2. The molecule has 1 aliphatic heterocycles. The Morgan fingerprint density at radius 2 is 2.29 bits per heavy atom. The lowest BCUT2D eigenvalue weighted by atomic mass is 9.90. The van der Waals surface area contributed by atoms with E-state index in [-0.39, 0.29) is 0 Å². The van der Waals surface area contributed by atoms with Gasteiger partial charge >= 0.3 is 5.97 Å². The van der Waals surface area contributed by atoms with Gasteiger partial charge in [0.15, 0.2) is 0 Å². The number of benzene rings is 1. The third kappa shape index (κ3) is 2.56. The minimum absolute atomic E-state index is 0.398. The summed E-state index contributed by atoms with van der Waals surface area (Å²) in [6.45, 7) is 6.02. The van der Waals surface area contributed by atoms with Gasteiger partial charge in [-0.2, -0.15) is 0 Å². The standard InChI is InChI=1S/C14H17NO2/c1-2-3-8-15-9-11-6-4-5-7-12(11)13(10-15)14(16)17/h2,4-7,13H,1,3,8-10H2,(H,16,17). The number of carboxylic acid groups (broad SMARTS) is 1. The second-order valence-corrected chi connectivity index (χ2v) is 4.40. The van der Waals surface area contributed by atoms with Crippen LogP contribution < -0.4 is 0 Å². The van der Waals surface area contributed by atoms with Crippen molar-refractivity contribution >= 4 is 5.97 Å². The van der Waals surface area contributed by atoms with E-state index in [1.807, 2.05) is 30.3 Å². The van der Waals surface area contributed by atoms with Crippen molar-refractivity contribution in [2.45, 2.75) is 18.9 Å². The quantitative estimate of drug-likeness (QED) is 0.808. The topological polar surface area (TPSA) is 40.5 Å². The van der Waals surface area contributed by atoms with E-state index in [2.05, 4.69) is 11.5 Å². The Bertz CT molecular complexity index is 428. The highest BCUT2D eigenvalue weighted by molar-refractivity contribution is 5.77. The maximum atomic E-state index is 11.3. The van der Waals surface area contributed by atoms with Crippen LogP contribution in [-0.2, 0) is 11.3 Å². The van der Waals surface area contributed by atoms with Gasteiger partial charge in [-0.1, -0.05) is 30.3 Å². The summed E-state index contributed by atoms with van der Waals surface area (Å²) >= 11 is 0. The molecule has 3 heteroatoms. The lowest BCUT2D eigenvalue weighted by Gasteiger charge is -2.32. The fourth-order valence-electron chi connectivity index (χ4n) is 2.34. The van der Waals surface area contributed by atoms with E-state index in [1.165, 1.54) is 0 Å². The van der Waals surface area contributed by atoms with E-state index in [9.17, 15) is 9.90 Å². The van der Waals surface area contributed by atoms with Crippen LogP contribution in [0.2, 0.25) is 0 Å². The lowest BCUT2D eigenvalue weighted by Crippen LogP contribution is -2.37. The Labute approximate surface area is 101 Å². The Morgan fingerprint density at radius 1 is 1.53 bits per heavy atom. The highest BCUT2D eigenvalue weighted by Crippen LogP contribution is 2.28. The summed E-state index contributed by atoms with van der Waals surface area (Å²) in [7, 11) is 0. The molecule has 0 saturated carbocycles. The molecule has 0 spiro atoms. The van der Waals surface area contributed by atoms with Crippen LogP contribution in [0.3, 0.4) is 0 Å². The smallest absolute Gasteiger partial charge is 0.312 e. The van der Waals surface area contributed by atoms with Crippen LogP contribution >= 0.6 is 0 Å². The predicted octanol–water partition coefficient (Wildman–Crippen LogP) is 2.25. The third-order valence-corrected chi connectivity index (χ3v) is 3.21. The summed E-state index contributed by atoms with van der Waals surface area (Å²) in [5.74, 6) is -1.13. The molecule has 0 bridgehead atoms. The summed E-state index contributed by atoms with van der Waals surface area (Å²) in [5.41, 5.74) is 2.10. The van der Waals surface area contributed by atoms with Crippen LogP contribution in [0.4, 0.5) is 0 Å². The van der Waals surface area contributed by atoms with Crippen molar-refractivity contribution in [2.24, 2.45) is 0 Å². The number of carbonyl (C=O) groups is 1. The molecule has 0 aliphatic carbocycles. The van der Waals surface area contributed by atoms with Gasteiger partial charge < -0.3 is 5.11 Å². The number of hydrogen-bond donors (Lipinski definition) is 1. The normalized spacial score (nSPS) is 19.6. The molecule has 1 aliphatic rings. The molecule has 0 amide bonds. The number of fused-ring (bicyclic) bond motifs is 1. The van der Waals surface area contributed by atoms with Crippen molar-refractivity contribution in [1.29, 1.82) is 0 Å². The molecule has 0 radical (unpaired) electrons. The van der Waals surface area contributed by atoms with Crippen molar-refractivity contribution in [3.63, 3.8) is 0 Å². The van der Waals surface area contributed by atoms with Gasteiger partial charge in [0, 0.05) is 19.6 Å². The first kappa shape index (κ1) is 11.9. The highest BCUT2D eigenvalue weighted by atomic mass is 16.4. The van der Waals surface area contributed by atoms with Crippen molar-refractivity contribution < 1.29 is 9.90 Å². The van der Waals surface area contributed by atoms with Crippen LogP contribution in [-0.4, -0.2) is 29.1 Å². The van der Waals surface area contributed by atoms with E-state index >= 15 is 0 Å². The molecule has 1 N–H and O–H groups in total. The molecule has 1 heterocycles. The first-order valence-corrected chi connectivity index (χ1v) is 5.86. The monoisotopic (exact) mass is 231 g/mol. The molecule has 1 aromatic carbocycles. The lowest BCUT2D eigenvalue weighted by molar-refractivity contribution is -0.139. The third-order valence-electron chi connectivity index (χ3n) is 3.21. The fourth-order valence-corrected chi connectivity index (χ4v) is 2.34. The first-order chi connectivity index (χ1) is 8.22. The van der Waals surface area contributed by atoms with Gasteiger partial charge in [-0.25, -0.2) is 0 Å². The molecule has 3 nitrogen and oxygen atoms in total. The zero-order valence-electron chi connectivity index (χ0n) is 9.80. The number of nitrogens with zero attached hydrogens (tertiary/aromatic N) is 1. The van der Waals surface area contributed by atoms with E-state index in [4.69, 9.17) is 0 Å². The predicted molar refractivity (Wildman–Crippen MR) is 66.9 cm³/mol. The Kier molecular flexibility index (Phi) is 3.59. The van der Waals surface area contributed by atoms with Gasteiger partial charge in [-0.3, -0.25) is 9.69 Å². The summed E-state index contributed by atoms with van der Waals surface area (Å²) in [6.07, 6.45) is 2.77. The minimum atomic E-state index is -0.735. The van der Waals surface area contributed by atoms with Gasteiger partial charge in [-0.05, 0) is 17.5 Å². The molecule has 0 saturated heterocycles. The zero-order chi connectivity index (χ0) is 12.3. The molecule has 90 valence electrons. The highest BCUT2D eigenvalue weighted by Gasteiger charge is 2.29. The Morgan fingerprint density at radius 3 is 3.00 bits per heavy atom. The van der Waals surface area contributed by atoms with Crippen LogP contribution in [0.5, 0.6) is 0 Å². The van der Waals surface area contributed by atoms with Gasteiger partial charge in [0.2, 0.25) is 0 Å². The minimum Gasteiger partial charge on any atom is -0.481 e. The molecule has 1 aromatic rings. The van der Waals surface area contributed by atoms with Crippen LogP contribution in [0.15, 0.2) is 36.9 Å². The van der Waals surface area contributed by atoms with E-state index in [1.54, 1.807) is 0 Å². The van der Waals surface area contributed by atoms with Gasteiger partial charge in [0.1, 0.15) is 0 Å². The van der Waals surface area contributed by atoms with Crippen LogP contribution in [0.1, 0.15) is 23.5 Å². The summed E-state index contributed by atoms with van der Waals surface area (Å²) in [4.78, 5) is 13.5. The summed E-state index contributed by atoms with van der Waals surface area (Å²) in [6, 6.07) is 7.83. The molecule has 17 heavy (non-hydrogen) atoms. The maximum absolute atomic E-state index is 11.3. The second-order valence-electron chi connectivity index (χ2n) is 4.40. The maximum Gasteiger partial charge on any atom is 0.312 e. The van der Waals surface area contributed by atoms with Crippen molar-refractivity contribution in [3.8, 4) is 0 Å². The molecule has 1 atom stereocenters. The zero-order valence-corrected chi connectivity index (χ0v) is 9.80. The number of carboxylic acids is 1. The molecule has 1 unspecified atom stereocenters. The molecule has 0 aromatic heterocycles. The second kappa shape index (κ2) is 5.15. The average Bonchev–Trinajstić information content (AvgIpc) is 2.35. The number of rotatable bonds is 4. The van der Waals surface area contributed by atoms with E-state index in [0.717, 1.165) is 30.6 Å². The molecular weight excluding hydrogens is 214 g/mol. The van der Waals surface area contributed by atoms with Crippen molar-refractivity contribution in [1.82, 2.24) is 4.90 Å². The average molecular weight is 231 g/mol. The first-order valence-electron chi connectivity index (χ1n) is 5.86. The van der Waals surface area contributed by atoms with Gasteiger partial charge in [0.05, 0.1) is 5.92 Å². The van der Waals surface area contributed by atoms with E-state index < -0.39 is 11.9 Å². The van der Waals surface area contributed by atoms with Gasteiger partial charge in [0.25, 0.3) is 0 Å². The number of hydrogen-bond acceptors (Lipinski definition) is 2. The van der Waals surface area contributed by atoms with Crippen molar-refractivity contribution in [2.75, 3.05) is 13.1 Å². The van der Waals surface area contributed by atoms with Gasteiger partial charge in [-0.15, -0.1) is 6.58 Å². The van der Waals surface area contributed by atoms with Crippen LogP contribution in [0, 0.1) is 0 Å².